The molecule has 0 aromatic heterocycles. The van der Waals surface area contributed by atoms with E-state index in [1.54, 1.807) is 0 Å². The van der Waals surface area contributed by atoms with E-state index in [1.807, 2.05) is 20.8 Å². The van der Waals surface area contributed by atoms with Gasteiger partial charge in [-0.05, 0) is 33.1 Å². The van der Waals surface area contributed by atoms with Crippen molar-refractivity contribution in [2.45, 2.75) is 58.6 Å². The molecule has 0 N–H and O–H groups in total. The van der Waals surface area contributed by atoms with Crippen molar-refractivity contribution in [1.82, 2.24) is 0 Å². The molecule has 0 heterocycles. The molecule has 0 amide bonds. The molecule has 13 heavy (non-hydrogen) atoms. The minimum absolute atomic E-state index is 0.0299. The van der Waals surface area contributed by atoms with Crippen LogP contribution in [0.1, 0.15) is 53.9 Å². The van der Waals surface area contributed by atoms with Gasteiger partial charge in [-0.2, -0.15) is 0 Å². The highest BCUT2D eigenvalue weighted by atomic mass is 32.2. The predicted octanol–water partition coefficient (Wildman–Crippen LogP) is 3.36. The highest BCUT2D eigenvalue weighted by Gasteiger charge is 2.18. The Labute approximate surface area is 85.8 Å². The first-order chi connectivity index (χ1) is 5.84. The van der Waals surface area contributed by atoms with Crippen molar-refractivity contribution >= 4 is 10.8 Å². The number of unbranched alkanes of at least 4 members (excludes halogenated alkanes) is 1. The van der Waals surface area contributed by atoms with Crippen LogP contribution in [0.5, 0.6) is 0 Å². The third kappa shape index (κ3) is 7.24. The molecule has 80 valence electrons. The Balaban J connectivity index is 3.49. The van der Waals surface area contributed by atoms with Crippen LogP contribution >= 0.6 is 0 Å². The fourth-order valence-corrected chi connectivity index (χ4v) is 2.17. The van der Waals surface area contributed by atoms with Gasteiger partial charge in [0.25, 0.3) is 0 Å². The van der Waals surface area contributed by atoms with E-state index in [1.165, 1.54) is 12.8 Å². The van der Waals surface area contributed by atoms with E-state index < -0.39 is 10.8 Å². The van der Waals surface area contributed by atoms with Crippen LogP contribution in [0.4, 0.5) is 0 Å². The maximum atomic E-state index is 11.6. The molecule has 0 aliphatic heterocycles. The second kappa shape index (κ2) is 5.79. The molecule has 0 radical (unpaired) electrons. The van der Waals surface area contributed by atoms with Crippen LogP contribution in [0.15, 0.2) is 0 Å². The van der Waals surface area contributed by atoms with Crippen LogP contribution in [-0.4, -0.2) is 14.7 Å². The van der Waals surface area contributed by atoms with E-state index in [9.17, 15) is 4.21 Å². The van der Waals surface area contributed by atoms with Gasteiger partial charge in [0.2, 0.25) is 0 Å². The van der Waals surface area contributed by atoms with Crippen LogP contribution in [-0.2, 0) is 10.8 Å². The largest absolute Gasteiger partial charge is 0.259 e. The van der Waals surface area contributed by atoms with Crippen molar-refractivity contribution in [3.05, 3.63) is 0 Å². The summed E-state index contributed by atoms with van der Waals surface area (Å²) in [6.07, 6.45) is 3.60. The van der Waals surface area contributed by atoms with Gasteiger partial charge in [0.1, 0.15) is 0 Å². The summed E-state index contributed by atoms with van der Waals surface area (Å²) in [6.45, 7) is 10.6. The standard InChI is InChI=1S/C11H24OS/c1-10(2)8-6-7-9-13(12)11(3,4)5/h10H,6-9H2,1-5H3. The van der Waals surface area contributed by atoms with Crippen molar-refractivity contribution in [2.75, 3.05) is 5.75 Å². The summed E-state index contributed by atoms with van der Waals surface area (Å²) < 4.78 is 11.6. The quantitative estimate of drug-likeness (QED) is 0.628. The van der Waals surface area contributed by atoms with Gasteiger partial charge in [0.15, 0.2) is 0 Å². The van der Waals surface area contributed by atoms with Gasteiger partial charge < -0.3 is 0 Å². The summed E-state index contributed by atoms with van der Waals surface area (Å²) in [4.78, 5) is 0. The molecular weight excluding hydrogens is 180 g/mol. The molecule has 0 rings (SSSR count). The normalized spacial score (nSPS) is 14.9. The maximum absolute atomic E-state index is 11.6. The second-order valence-electron chi connectivity index (χ2n) is 5.05. The van der Waals surface area contributed by atoms with Crippen LogP contribution in [0, 0.1) is 5.92 Å². The summed E-state index contributed by atoms with van der Waals surface area (Å²) in [6, 6.07) is 0. The average molecular weight is 204 g/mol. The Hall–Kier alpha value is 0.150. The molecule has 2 heteroatoms. The van der Waals surface area contributed by atoms with Gasteiger partial charge in [0.05, 0.1) is 0 Å². The summed E-state index contributed by atoms with van der Waals surface area (Å²) in [5.74, 6) is 1.65. The van der Waals surface area contributed by atoms with Gasteiger partial charge in [-0.15, -0.1) is 0 Å². The first-order valence-corrected chi connectivity index (χ1v) is 6.54. The Morgan fingerprint density at radius 2 is 1.69 bits per heavy atom. The van der Waals surface area contributed by atoms with Crippen molar-refractivity contribution in [3.63, 3.8) is 0 Å². The lowest BCUT2D eigenvalue weighted by atomic mass is 10.1. The zero-order valence-corrected chi connectivity index (χ0v) is 10.5. The van der Waals surface area contributed by atoms with E-state index in [0.29, 0.717) is 0 Å². The van der Waals surface area contributed by atoms with E-state index in [2.05, 4.69) is 13.8 Å². The lowest BCUT2D eigenvalue weighted by molar-refractivity contribution is 0.548. The Morgan fingerprint density at radius 1 is 1.15 bits per heavy atom. The molecule has 0 saturated carbocycles. The first kappa shape index (κ1) is 13.2. The molecule has 0 fully saturated rings. The van der Waals surface area contributed by atoms with Crippen LogP contribution in [0.3, 0.4) is 0 Å². The smallest absolute Gasteiger partial charge is 0.0375 e. The van der Waals surface area contributed by atoms with E-state index >= 15 is 0 Å². The monoisotopic (exact) mass is 204 g/mol. The highest BCUT2D eigenvalue weighted by molar-refractivity contribution is 7.86. The number of rotatable bonds is 5. The van der Waals surface area contributed by atoms with Gasteiger partial charge in [-0.1, -0.05) is 26.7 Å². The van der Waals surface area contributed by atoms with Crippen molar-refractivity contribution in [3.8, 4) is 0 Å². The molecule has 0 spiro atoms. The van der Waals surface area contributed by atoms with E-state index in [-0.39, 0.29) is 4.75 Å². The minimum atomic E-state index is -0.652. The maximum Gasteiger partial charge on any atom is 0.0375 e. The lowest BCUT2D eigenvalue weighted by Gasteiger charge is -2.17. The number of hydrogen-bond donors (Lipinski definition) is 0. The molecular formula is C11H24OS. The minimum Gasteiger partial charge on any atom is -0.259 e. The Bertz CT molecular complexity index is 156. The van der Waals surface area contributed by atoms with E-state index in [4.69, 9.17) is 0 Å². The fourth-order valence-electron chi connectivity index (χ4n) is 1.09. The zero-order chi connectivity index (χ0) is 10.5. The zero-order valence-electron chi connectivity index (χ0n) is 9.72. The third-order valence-electron chi connectivity index (χ3n) is 2.04. The van der Waals surface area contributed by atoms with Crippen LogP contribution < -0.4 is 0 Å². The van der Waals surface area contributed by atoms with Gasteiger partial charge in [-0.3, -0.25) is 4.21 Å². The first-order valence-electron chi connectivity index (χ1n) is 5.22. The number of hydrogen-bond acceptors (Lipinski definition) is 1. The van der Waals surface area contributed by atoms with Gasteiger partial charge >= 0.3 is 0 Å². The van der Waals surface area contributed by atoms with Crippen LogP contribution in [0.25, 0.3) is 0 Å². The average Bonchev–Trinajstić information content (AvgIpc) is 1.95. The van der Waals surface area contributed by atoms with Crippen molar-refractivity contribution in [1.29, 1.82) is 0 Å². The molecule has 0 bridgehead atoms. The summed E-state index contributed by atoms with van der Waals surface area (Å²) in [5.41, 5.74) is 0. The van der Waals surface area contributed by atoms with Gasteiger partial charge in [-0.25, -0.2) is 0 Å². The van der Waals surface area contributed by atoms with Crippen LogP contribution in [0.2, 0.25) is 0 Å². The summed E-state index contributed by atoms with van der Waals surface area (Å²) in [5, 5.41) is 0. The van der Waals surface area contributed by atoms with Crippen molar-refractivity contribution < 1.29 is 4.21 Å². The molecule has 0 aliphatic rings. The highest BCUT2D eigenvalue weighted by Crippen LogP contribution is 2.14. The molecule has 1 unspecified atom stereocenters. The third-order valence-corrected chi connectivity index (χ3v) is 4.07. The molecule has 0 aromatic rings. The predicted molar refractivity (Wildman–Crippen MR) is 61.5 cm³/mol. The lowest BCUT2D eigenvalue weighted by Crippen LogP contribution is -2.24. The molecule has 0 saturated heterocycles. The summed E-state index contributed by atoms with van der Waals surface area (Å²) >= 11 is 0. The van der Waals surface area contributed by atoms with Gasteiger partial charge in [0, 0.05) is 21.3 Å². The van der Waals surface area contributed by atoms with Crippen molar-refractivity contribution in [2.24, 2.45) is 5.92 Å². The fraction of sp³-hybridized carbons (Fsp3) is 1.00. The SMILES string of the molecule is CC(C)CCCCS(=O)C(C)(C)C. The van der Waals surface area contributed by atoms with E-state index in [0.717, 1.165) is 18.1 Å². The molecule has 0 aliphatic carbocycles. The Morgan fingerprint density at radius 3 is 2.08 bits per heavy atom. The molecule has 1 nitrogen and oxygen atoms in total. The molecule has 1 atom stereocenters. The topological polar surface area (TPSA) is 17.1 Å². The Kier molecular flexibility index (Phi) is 5.86. The summed E-state index contributed by atoms with van der Waals surface area (Å²) in [7, 11) is -0.652. The second-order valence-corrected chi connectivity index (χ2v) is 7.38. The molecule has 0 aromatic carbocycles.